The van der Waals surface area contributed by atoms with Crippen LogP contribution in [0, 0.1) is 0 Å². The Balaban J connectivity index is 1.53. The Hall–Kier alpha value is -2.99. The number of benzene rings is 3. The van der Waals surface area contributed by atoms with Crippen molar-refractivity contribution in [3.05, 3.63) is 66.2 Å². The molecule has 0 saturated heterocycles. The van der Waals surface area contributed by atoms with E-state index in [9.17, 15) is 0 Å². The van der Waals surface area contributed by atoms with Crippen LogP contribution in [-0.4, -0.2) is 24.4 Å². The zero-order valence-electron chi connectivity index (χ0n) is 15.0. The molecule has 136 valence electrons. The molecule has 4 rings (SSSR count). The Morgan fingerprint density at radius 2 is 1.70 bits per heavy atom. The SMILES string of the molecule is COc1ccc(-c2nnc(SCc3cccc4ccccc34)o2)cc1OC. The summed E-state index contributed by atoms with van der Waals surface area (Å²) in [4.78, 5) is 0. The van der Waals surface area contributed by atoms with Crippen molar-refractivity contribution in [2.75, 3.05) is 14.2 Å². The maximum absolute atomic E-state index is 5.82. The van der Waals surface area contributed by atoms with Crippen LogP contribution in [0.25, 0.3) is 22.2 Å². The summed E-state index contributed by atoms with van der Waals surface area (Å²) in [5.41, 5.74) is 2.03. The van der Waals surface area contributed by atoms with E-state index in [2.05, 4.69) is 46.6 Å². The maximum atomic E-state index is 5.82. The van der Waals surface area contributed by atoms with E-state index < -0.39 is 0 Å². The highest BCUT2D eigenvalue weighted by Gasteiger charge is 2.13. The van der Waals surface area contributed by atoms with Crippen molar-refractivity contribution in [1.29, 1.82) is 0 Å². The minimum atomic E-state index is 0.455. The highest BCUT2D eigenvalue weighted by Crippen LogP contribution is 2.33. The Bertz CT molecular complexity index is 1070. The van der Waals surface area contributed by atoms with Gasteiger partial charge in [0.25, 0.3) is 5.22 Å². The largest absolute Gasteiger partial charge is 0.493 e. The molecule has 0 atom stereocenters. The van der Waals surface area contributed by atoms with Crippen LogP contribution in [0.4, 0.5) is 0 Å². The predicted molar refractivity (Wildman–Crippen MR) is 106 cm³/mol. The van der Waals surface area contributed by atoms with E-state index in [1.54, 1.807) is 14.2 Å². The van der Waals surface area contributed by atoms with Crippen LogP contribution in [-0.2, 0) is 5.75 Å². The second kappa shape index (κ2) is 7.72. The molecule has 1 aromatic heterocycles. The molecule has 0 spiro atoms. The standard InChI is InChI=1S/C21H18N2O3S/c1-24-18-11-10-15(12-19(18)25-2)20-22-23-21(26-20)27-13-16-8-5-7-14-6-3-4-9-17(14)16/h3-12H,13H2,1-2H3. The fourth-order valence-corrected chi connectivity index (χ4v) is 3.68. The highest BCUT2D eigenvalue weighted by atomic mass is 32.2. The van der Waals surface area contributed by atoms with Crippen molar-refractivity contribution >= 4 is 22.5 Å². The Morgan fingerprint density at radius 3 is 2.56 bits per heavy atom. The van der Waals surface area contributed by atoms with E-state index in [0.29, 0.717) is 22.6 Å². The van der Waals surface area contributed by atoms with Gasteiger partial charge in [0, 0.05) is 11.3 Å². The van der Waals surface area contributed by atoms with Gasteiger partial charge in [-0.2, -0.15) is 0 Å². The van der Waals surface area contributed by atoms with Gasteiger partial charge < -0.3 is 13.9 Å². The Labute approximate surface area is 161 Å². The van der Waals surface area contributed by atoms with Crippen molar-refractivity contribution < 1.29 is 13.9 Å². The van der Waals surface area contributed by atoms with Gasteiger partial charge in [-0.3, -0.25) is 0 Å². The molecule has 0 aliphatic rings. The summed E-state index contributed by atoms with van der Waals surface area (Å²) in [6.45, 7) is 0. The summed E-state index contributed by atoms with van der Waals surface area (Å²) in [6, 6.07) is 20.2. The first-order chi connectivity index (χ1) is 13.3. The number of methoxy groups -OCH3 is 2. The third-order valence-electron chi connectivity index (χ3n) is 4.27. The predicted octanol–water partition coefficient (Wildman–Crippen LogP) is 5.20. The van der Waals surface area contributed by atoms with Gasteiger partial charge >= 0.3 is 0 Å². The van der Waals surface area contributed by atoms with Crippen molar-refractivity contribution in [3.63, 3.8) is 0 Å². The molecule has 0 bridgehead atoms. The van der Waals surface area contributed by atoms with Crippen molar-refractivity contribution in [2.45, 2.75) is 11.0 Å². The lowest BCUT2D eigenvalue weighted by Crippen LogP contribution is -1.90. The third kappa shape index (κ3) is 3.61. The maximum Gasteiger partial charge on any atom is 0.277 e. The fourth-order valence-electron chi connectivity index (χ4n) is 2.91. The number of rotatable bonds is 6. The molecule has 0 aliphatic heterocycles. The molecule has 1 heterocycles. The molecule has 0 N–H and O–H groups in total. The second-order valence-electron chi connectivity index (χ2n) is 5.87. The van der Waals surface area contributed by atoms with Gasteiger partial charge in [-0.05, 0) is 34.5 Å². The van der Waals surface area contributed by atoms with E-state index >= 15 is 0 Å². The summed E-state index contributed by atoms with van der Waals surface area (Å²) in [6.07, 6.45) is 0. The molecule has 0 unspecified atom stereocenters. The fraction of sp³-hybridized carbons (Fsp3) is 0.143. The average molecular weight is 378 g/mol. The molecule has 27 heavy (non-hydrogen) atoms. The van der Waals surface area contributed by atoms with Crippen LogP contribution < -0.4 is 9.47 Å². The Kier molecular flexibility index (Phi) is 4.98. The summed E-state index contributed by atoms with van der Waals surface area (Å²) < 4.78 is 16.4. The summed E-state index contributed by atoms with van der Waals surface area (Å²) in [5.74, 6) is 2.50. The zero-order valence-corrected chi connectivity index (χ0v) is 15.8. The lowest BCUT2D eigenvalue weighted by Gasteiger charge is -2.07. The second-order valence-corrected chi connectivity index (χ2v) is 6.80. The molecule has 6 heteroatoms. The highest BCUT2D eigenvalue weighted by molar-refractivity contribution is 7.98. The van der Waals surface area contributed by atoms with Crippen LogP contribution in [0.1, 0.15) is 5.56 Å². The molecule has 4 aromatic rings. The monoisotopic (exact) mass is 378 g/mol. The van der Waals surface area contributed by atoms with Crippen molar-refractivity contribution in [3.8, 4) is 23.0 Å². The van der Waals surface area contributed by atoms with Crippen molar-refractivity contribution in [1.82, 2.24) is 10.2 Å². The quantitative estimate of drug-likeness (QED) is 0.430. The zero-order chi connectivity index (χ0) is 18.6. The number of nitrogens with zero attached hydrogens (tertiary/aromatic N) is 2. The number of aromatic nitrogens is 2. The van der Waals surface area contributed by atoms with Gasteiger partial charge in [-0.15, -0.1) is 10.2 Å². The smallest absolute Gasteiger partial charge is 0.277 e. The van der Waals surface area contributed by atoms with E-state index in [-0.39, 0.29) is 0 Å². The first kappa shape index (κ1) is 17.4. The molecule has 0 fully saturated rings. The van der Waals surface area contributed by atoms with E-state index in [1.165, 1.54) is 28.1 Å². The topological polar surface area (TPSA) is 57.4 Å². The molecular weight excluding hydrogens is 360 g/mol. The summed E-state index contributed by atoms with van der Waals surface area (Å²) >= 11 is 1.53. The van der Waals surface area contributed by atoms with Crippen LogP contribution in [0.5, 0.6) is 11.5 Å². The van der Waals surface area contributed by atoms with Gasteiger partial charge in [-0.25, -0.2) is 0 Å². The van der Waals surface area contributed by atoms with Crippen LogP contribution in [0.15, 0.2) is 70.3 Å². The van der Waals surface area contributed by atoms with E-state index in [0.717, 1.165) is 11.3 Å². The van der Waals surface area contributed by atoms with Gasteiger partial charge in [0.15, 0.2) is 11.5 Å². The summed E-state index contributed by atoms with van der Waals surface area (Å²) in [7, 11) is 3.20. The number of hydrogen-bond acceptors (Lipinski definition) is 6. The van der Waals surface area contributed by atoms with Crippen LogP contribution in [0.3, 0.4) is 0 Å². The Morgan fingerprint density at radius 1 is 0.889 bits per heavy atom. The van der Waals surface area contributed by atoms with Gasteiger partial charge in [-0.1, -0.05) is 54.2 Å². The summed E-state index contributed by atoms with van der Waals surface area (Å²) in [5, 5.41) is 11.3. The van der Waals surface area contributed by atoms with E-state index in [4.69, 9.17) is 13.9 Å². The van der Waals surface area contributed by atoms with Crippen LogP contribution in [0.2, 0.25) is 0 Å². The van der Waals surface area contributed by atoms with Crippen molar-refractivity contribution in [2.24, 2.45) is 0 Å². The van der Waals surface area contributed by atoms with Gasteiger partial charge in [0.1, 0.15) is 0 Å². The lowest BCUT2D eigenvalue weighted by atomic mass is 10.1. The normalized spacial score (nSPS) is 10.9. The average Bonchev–Trinajstić information content (AvgIpc) is 3.20. The number of hydrogen-bond donors (Lipinski definition) is 0. The first-order valence-electron chi connectivity index (χ1n) is 8.44. The number of thioether (sulfide) groups is 1. The number of ether oxygens (including phenoxy) is 2. The molecule has 0 radical (unpaired) electrons. The lowest BCUT2D eigenvalue weighted by molar-refractivity contribution is 0.355. The van der Waals surface area contributed by atoms with Crippen LogP contribution >= 0.6 is 11.8 Å². The molecular formula is C21H18N2O3S. The molecule has 3 aromatic carbocycles. The van der Waals surface area contributed by atoms with E-state index in [1.807, 2.05) is 24.3 Å². The minimum absolute atomic E-state index is 0.455. The minimum Gasteiger partial charge on any atom is -0.493 e. The molecule has 5 nitrogen and oxygen atoms in total. The van der Waals surface area contributed by atoms with Gasteiger partial charge in [0.2, 0.25) is 5.89 Å². The third-order valence-corrected chi connectivity index (χ3v) is 5.14. The van der Waals surface area contributed by atoms with Gasteiger partial charge in [0.05, 0.1) is 14.2 Å². The molecule has 0 saturated carbocycles. The molecule has 0 aliphatic carbocycles. The molecule has 0 amide bonds. The first-order valence-corrected chi connectivity index (χ1v) is 9.42. The number of fused-ring (bicyclic) bond motifs is 1.